The molecule has 0 aromatic carbocycles. The second kappa shape index (κ2) is 6.02. The number of pyridine rings is 1. The zero-order valence-corrected chi connectivity index (χ0v) is 9.90. The van der Waals surface area contributed by atoms with Crippen molar-refractivity contribution in [1.29, 1.82) is 5.26 Å². The Kier molecular flexibility index (Phi) is 4.89. The average Bonchev–Trinajstić information content (AvgIpc) is 2.29. The number of halogens is 6. The molecule has 104 valence electrons. The van der Waals surface area contributed by atoms with E-state index in [-0.39, 0.29) is 17.0 Å². The number of nitriles is 1. The van der Waals surface area contributed by atoms with E-state index in [2.05, 4.69) is 9.72 Å². The molecule has 1 aromatic heterocycles. The maximum absolute atomic E-state index is 12.5. The molecule has 0 radical (unpaired) electrons. The van der Waals surface area contributed by atoms with Gasteiger partial charge in [0, 0.05) is 11.4 Å². The van der Waals surface area contributed by atoms with E-state index in [1.165, 1.54) is 0 Å². The maximum Gasteiger partial charge on any atom is 0.574 e. The lowest BCUT2D eigenvalue weighted by molar-refractivity contribution is -0.276. The maximum atomic E-state index is 12.5. The Morgan fingerprint density at radius 1 is 1.42 bits per heavy atom. The molecule has 9 heteroatoms. The quantitative estimate of drug-likeness (QED) is 0.629. The molecule has 0 spiro atoms. The lowest BCUT2D eigenvalue weighted by Crippen LogP contribution is -2.20. The molecule has 0 unspecified atom stereocenters. The predicted molar refractivity (Wildman–Crippen MR) is 54.8 cm³/mol. The first-order chi connectivity index (χ1) is 8.78. The average molecular weight is 301 g/mol. The number of rotatable bonds is 4. The van der Waals surface area contributed by atoms with Crippen LogP contribution in [0.4, 0.5) is 22.0 Å². The molecule has 3 nitrogen and oxygen atoms in total. The van der Waals surface area contributed by atoms with Gasteiger partial charge in [0.1, 0.15) is 5.69 Å². The largest absolute Gasteiger partial charge is 0.574 e. The molecule has 19 heavy (non-hydrogen) atoms. The van der Waals surface area contributed by atoms with Crippen LogP contribution in [0.15, 0.2) is 6.07 Å². The first kappa shape index (κ1) is 15.4. The zero-order chi connectivity index (χ0) is 14.6. The van der Waals surface area contributed by atoms with E-state index in [0.29, 0.717) is 0 Å². The minimum Gasteiger partial charge on any atom is -0.388 e. The van der Waals surface area contributed by atoms with E-state index in [4.69, 9.17) is 16.9 Å². The highest BCUT2D eigenvalue weighted by Gasteiger charge is 2.34. The fourth-order valence-electron chi connectivity index (χ4n) is 1.31. The summed E-state index contributed by atoms with van der Waals surface area (Å²) in [6, 6.07) is 2.45. The summed E-state index contributed by atoms with van der Waals surface area (Å²) in [5.74, 6) is -1.41. The Bertz CT molecular complexity index is 498. The molecule has 0 aliphatic carbocycles. The van der Waals surface area contributed by atoms with Crippen molar-refractivity contribution in [3.05, 3.63) is 22.9 Å². The van der Waals surface area contributed by atoms with Crippen molar-refractivity contribution >= 4 is 11.6 Å². The Morgan fingerprint density at radius 2 is 2.05 bits per heavy atom. The molecule has 1 rings (SSSR count). The smallest absolute Gasteiger partial charge is 0.388 e. The number of hydrogen-bond acceptors (Lipinski definition) is 3. The van der Waals surface area contributed by atoms with Crippen molar-refractivity contribution in [3.8, 4) is 11.9 Å². The molecule has 1 aromatic rings. The topological polar surface area (TPSA) is 45.9 Å². The standard InChI is InChI=1S/C10H6ClF5N2O/c11-4-5-3-7(8(12)13)18-9(6(5)1-2-17)19-10(14,15)16/h3,8H,1,4H2. The summed E-state index contributed by atoms with van der Waals surface area (Å²) < 4.78 is 65.1. The fraction of sp³-hybridized carbons (Fsp3) is 0.400. The molecule has 0 N–H and O–H groups in total. The van der Waals surface area contributed by atoms with Gasteiger partial charge in [-0.05, 0) is 11.6 Å². The third kappa shape index (κ3) is 4.21. The zero-order valence-electron chi connectivity index (χ0n) is 9.14. The summed E-state index contributed by atoms with van der Waals surface area (Å²) in [5, 5.41) is 8.54. The first-order valence-corrected chi connectivity index (χ1v) is 5.31. The van der Waals surface area contributed by atoms with Gasteiger partial charge in [0.15, 0.2) is 0 Å². The minimum atomic E-state index is -5.10. The van der Waals surface area contributed by atoms with Crippen molar-refractivity contribution in [2.24, 2.45) is 0 Å². The van der Waals surface area contributed by atoms with Gasteiger partial charge in [0.05, 0.1) is 12.5 Å². The van der Waals surface area contributed by atoms with Gasteiger partial charge in [-0.25, -0.2) is 13.8 Å². The molecule has 0 aliphatic rings. The summed E-state index contributed by atoms with van der Waals surface area (Å²) in [7, 11) is 0. The van der Waals surface area contributed by atoms with Gasteiger partial charge >= 0.3 is 6.36 Å². The summed E-state index contributed by atoms with van der Waals surface area (Å²) in [6.45, 7) is 0. The number of ether oxygens (including phenoxy) is 1. The van der Waals surface area contributed by atoms with Crippen molar-refractivity contribution in [3.63, 3.8) is 0 Å². The predicted octanol–water partition coefficient (Wildman–Crippen LogP) is 3.72. The minimum absolute atomic E-state index is 0.0484. The van der Waals surface area contributed by atoms with Crippen LogP contribution >= 0.6 is 11.6 Å². The van der Waals surface area contributed by atoms with Gasteiger partial charge in [-0.2, -0.15) is 5.26 Å². The van der Waals surface area contributed by atoms with Gasteiger partial charge in [0.25, 0.3) is 6.43 Å². The normalized spacial score (nSPS) is 11.5. The van der Waals surface area contributed by atoms with Gasteiger partial charge < -0.3 is 4.74 Å². The van der Waals surface area contributed by atoms with E-state index >= 15 is 0 Å². The van der Waals surface area contributed by atoms with Crippen molar-refractivity contribution in [1.82, 2.24) is 4.98 Å². The van der Waals surface area contributed by atoms with Crippen molar-refractivity contribution in [2.75, 3.05) is 0 Å². The van der Waals surface area contributed by atoms with E-state index in [1.807, 2.05) is 0 Å². The Balaban J connectivity index is 3.37. The SMILES string of the molecule is N#CCc1c(CCl)cc(C(F)F)nc1OC(F)(F)F. The van der Waals surface area contributed by atoms with Crippen molar-refractivity contribution < 1.29 is 26.7 Å². The molecule has 0 amide bonds. The van der Waals surface area contributed by atoms with Crippen LogP contribution in [-0.2, 0) is 12.3 Å². The summed E-state index contributed by atoms with van der Waals surface area (Å²) in [4.78, 5) is 3.08. The van der Waals surface area contributed by atoms with Crippen molar-refractivity contribution in [2.45, 2.75) is 25.1 Å². The van der Waals surface area contributed by atoms with Crippen LogP contribution in [0, 0.1) is 11.3 Å². The Morgan fingerprint density at radius 3 is 2.47 bits per heavy atom. The molecule has 0 bridgehead atoms. The van der Waals surface area contributed by atoms with Crippen LogP contribution in [0.25, 0.3) is 0 Å². The number of hydrogen-bond donors (Lipinski definition) is 0. The molecule has 0 fully saturated rings. The fourth-order valence-corrected chi connectivity index (χ4v) is 1.55. The van der Waals surface area contributed by atoms with Crippen LogP contribution in [0.3, 0.4) is 0 Å². The monoisotopic (exact) mass is 300 g/mol. The van der Waals surface area contributed by atoms with Crippen LogP contribution in [-0.4, -0.2) is 11.3 Å². The molecule has 0 aliphatic heterocycles. The van der Waals surface area contributed by atoms with Crippen LogP contribution in [0.2, 0.25) is 0 Å². The Hall–Kier alpha value is -1.62. The van der Waals surface area contributed by atoms with E-state index < -0.39 is 30.8 Å². The molecular formula is C10H6ClF5N2O. The first-order valence-electron chi connectivity index (χ1n) is 4.78. The highest BCUT2D eigenvalue weighted by atomic mass is 35.5. The lowest BCUT2D eigenvalue weighted by Gasteiger charge is -2.15. The second-order valence-electron chi connectivity index (χ2n) is 3.31. The number of alkyl halides is 6. The number of aromatic nitrogens is 1. The molecule has 0 atom stereocenters. The summed E-state index contributed by atoms with van der Waals surface area (Å²) >= 11 is 5.47. The highest BCUT2D eigenvalue weighted by molar-refractivity contribution is 6.17. The summed E-state index contributed by atoms with van der Waals surface area (Å²) in [6.07, 6.45) is -8.65. The van der Waals surface area contributed by atoms with Gasteiger partial charge in [-0.3, -0.25) is 0 Å². The van der Waals surface area contributed by atoms with E-state index in [0.717, 1.165) is 6.07 Å². The third-order valence-electron chi connectivity index (χ3n) is 2.03. The molecule has 0 saturated carbocycles. The molecule has 0 saturated heterocycles. The lowest BCUT2D eigenvalue weighted by atomic mass is 10.1. The van der Waals surface area contributed by atoms with Gasteiger partial charge in [0.2, 0.25) is 5.88 Å². The van der Waals surface area contributed by atoms with Crippen LogP contribution < -0.4 is 4.74 Å². The van der Waals surface area contributed by atoms with Gasteiger partial charge in [-0.15, -0.1) is 24.8 Å². The van der Waals surface area contributed by atoms with E-state index in [1.54, 1.807) is 6.07 Å². The highest BCUT2D eigenvalue weighted by Crippen LogP contribution is 2.31. The van der Waals surface area contributed by atoms with E-state index in [9.17, 15) is 22.0 Å². The second-order valence-corrected chi connectivity index (χ2v) is 3.57. The molecular weight excluding hydrogens is 295 g/mol. The third-order valence-corrected chi connectivity index (χ3v) is 2.32. The Labute approximate surface area is 109 Å². The van der Waals surface area contributed by atoms with Crippen LogP contribution in [0.5, 0.6) is 5.88 Å². The number of nitrogens with zero attached hydrogens (tertiary/aromatic N) is 2. The summed E-state index contributed by atoms with van der Waals surface area (Å²) in [5.41, 5.74) is -1.19. The van der Waals surface area contributed by atoms with Crippen LogP contribution in [0.1, 0.15) is 23.2 Å². The van der Waals surface area contributed by atoms with Gasteiger partial charge in [-0.1, -0.05) is 0 Å². The molecule has 1 heterocycles.